The second-order valence-corrected chi connectivity index (χ2v) is 15.2. The van der Waals surface area contributed by atoms with Crippen molar-refractivity contribution in [2.45, 2.75) is 173 Å². The Morgan fingerprint density at radius 2 is 0.918 bits per heavy atom. The van der Waals surface area contributed by atoms with Crippen molar-refractivity contribution < 1.29 is 13.3 Å². The lowest BCUT2D eigenvalue weighted by molar-refractivity contribution is -0.387. The Morgan fingerprint density at radius 1 is 0.551 bits per heavy atom. The van der Waals surface area contributed by atoms with Crippen molar-refractivity contribution in [3.05, 3.63) is 83.0 Å². The Kier molecular flexibility index (Phi) is 28.6. The maximum absolute atomic E-state index is 13.6. The van der Waals surface area contributed by atoms with Gasteiger partial charge in [-0.3, -0.25) is 10.1 Å². The summed E-state index contributed by atoms with van der Waals surface area (Å²) in [4.78, 5) is 10.8. The van der Waals surface area contributed by atoms with Gasteiger partial charge in [0.2, 0.25) is 10.0 Å². The first-order valence-corrected chi connectivity index (χ1v) is 21.2. The monoisotopic (exact) mass is 699 g/mol. The van der Waals surface area contributed by atoms with E-state index in [0.29, 0.717) is 13.1 Å². The standard InChI is InChI=1S/C42H70N2O4S/c1-3-5-7-9-11-13-15-17-19-21-23-25-27-29-31-35-39-43(49(47,48)42-38-34-33-37-41(42)44(45)46)40-36-32-30-28-26-24-22-20-18-16-14-12-10-8-6-4-2/h11-14,17-20,33-34,37-38H,3-10,15-16,21-32,35-36,39-40H2,1-2H3/b13-11-,14-12-,19-17-,20-18-. The van der Waals surface area contributed by atoms with Gasteiger partial charge in [0.25, 0.3) is 5.69 Å². The molecule has 278 valence electrons. The molecule has 0 aliphatic rings. The zero-order valence-corrected chi connectivity index (χ0v) is 32.1. The Balaban J connectivity index is 2.39. The molecule has 0 aliphatic carbocycles. The number of nitro groups is 1. The molecule has 0 fully saturated rings. The van der Waals surface area contributed by atoms with Gasteiger partial charge < -0.3 is 0 Å². The molecule has 0 heterocycles. The first-order chi connectivity index (χ1) is 23.9. The fourth-order valence-corrected chi connectivity index (χ4v) is 7.54. The van der Waals surface area contributed by atoms with Crippen LogP contribution in [0.1, 0.15) is 168 Å². The quantitative estimate of drug-likeness (QED) is 0.0317. The van der Waals surface area contributed by atoms with E-state index in [1.807, 2.05) is 0 Å². The molecule has 0 aliphatic heterocycles. The van der Waals surface area contributed by atoms with Crippen molar-refractivity contribution in [2.75, 3.05) is 13.1 Å². The van der Waals surface area contributed by atoms with Gasteiger partial charge in [-0.15, -0.1) is 0 Å². The van der Waals surface area contributed by atoms with Crippen molar-refractivity contribution in [1.29, 1.82) is 0 Å². The molecular weight excluding hydrogens is 629 g/mol. The van der Waals surface area contributed by atoms with E-state index in [-0.39, 0.29) is 10.6 Å². The van der Waals surface area contributed by atoms with Gasteiger partial charge in [0.1, 0.15) is 0 Å². The summed E-state index contributed by atoms with van der Waals surface area (Å²) in [6, 6.07) is 5.74. The molecule has 7 heteroatoms. The molecule has 6 nitrogen and oxygen atoms in total. The third kappa shape index (κ3) is 23.5. The Hall–Kier alpha value is -2.51. The number of nitro benzene ring substituents is 1. The minimum Gasteiger partial charge on any atom is -0.258 e. The fraction of sp³-hybridized carbons (Fsp3) is 0.667. The number of hydrogen-bond donors (Lipinski definition) is 0. The van der Waals surface area contributed by atoms with E-state index in [0.717, 1.165) is 77.0 Å². The third-order valence-electron chi connectivity index (χ3n) is 8.90. The molecule has 0 bridgehead atoms. The van der Waals surface area contributed by atoms with Crippen LogP contribution in [-0.2, 0) is 10.0 Å². The molecule has 1 aromatic carbocycles. The maximum atomic E-state index is 13.6. The smallest absolute Gasteiger partial charge is 0.258 e. The highest BCUT2D eigenvalue weighted by Gasteiger charge is 2.30. The lowest BCUT2D eigenvalue weighted by Gasteiger charge is -2.22. The van der Waals surface area contributed by atoms with Crippen molar-refractivity contribution in [3.63, 3.8) is 0 Å². The minimum absolute atomic E-state index is 0.194. The van der Waals surface area contributed by atoms with E-state index in [4.69, 9.17) is 0 Å². The van der Waals surface area contributed by atoms with E-state index in [1.54, 1.807) is 6.07 Å². The van der Waals surface area contributed by atoms with Crippen LogP contribution in [0.25, 0.3) is 0 Å². The predicted octanol–water partition coefficient (Wildman–Crippen LogP) is 13.2. The van der Waals surface area contributed by atoms with E-state index >= 15 is 0 Å². The molecule has 1 aromatic rings. The molecule has 1 rings (SSSR count). The molecule has 0 N–H and O–H groups in total. The zero-order chi connectivity index (χ0) is 35.7. The first kappa shape index (κ1) is 44.5. The number of rotatable bonds is 33. The molecule has 0 saturated heterocycles. The normalized spacial score (nSPS) is 12.6. The van der Waals surface area contributed by atoms with Gasteiger partial charge in [-0.05, 0) is 83.1 Å². The predicted molar refractivity (Wildman–Crippen MR) is 211 cm³/mol. The SMILES string of the molecule is CCCCC/C=C\C/C=C\CCCCCCCCN(CCCCCCCC/C=C\C/C=C\CCCCC)S(=O)(=O)c1ccccc1[N+](=O)[O-]. The number of para-hydroxylation sites is 1. The minimum atomic E-state index is -3.95. The number of unbranched alkanes of at least 4 members (excludes halogenated alkanes) is 18. The molecular formula is C42H70N2O4S. The highest BCUT2D eigenvalue weighted by Crippen LogP contribution is 2.27. The highest BCUT2D eigenvalue weighted by molar-refractivity contribution is 7.89. The van der Waals surface area contributed by atoms with Crippen LogP contribution in [0, 0.1) is 10.1 Å². The maximum Gasteiger partial charge on any atom is 0.289 e. The second kappa shape index (κ2) is 31.5. The van der Waals surface area contributed by atoms with Crippen molar-refractivity contribution in [2.24, 2.45) is 0 Å². The van der Waals surface area contributed by atoms with Crippen LogP contribution in [0.4, 0.5) is 5.69 Å². The van der Waals surface area contributed by atoms with Crippen molar-refractivity contribution in [3.8, 4) is 0 Å². The lowest BCUT2D eigenvalue weighted by Crippen LogP contribution is -2.33. The van der Waals surface area contributed by atoms with Gasteiger partial charge in [0, 0.05) is 19.2 Å². The summed E-state index contributed by atoms with van der Waals surface area (Å²) in [6.45, 7) is 5.28. The number of nitrogens with zero attached hydrogens (tertiary/aromatic N) is 2. The van der Waals surface area contributed by atoms with Crippen LogP contribution < -0.4 is 0 Å². The molecule has 0 radical (unpaired) electrons. The summed E-state index contributed by atoms with van der Waals surface area (Å²) in [5.74, 6) is 0. The molecule has 0 unspecified atom stereocenters. The highest BCUT2D eigenvalue weighted by atomic mass is 32.2. The number of sulfonamides is 1. The van der Waals surface area contributed by atoms with Crippen LogP contribution in [-0.4, -0.2) is 30.7 Å². The van der Waals surface area contributed by atoms with Crippen LogP contribution >= 0.6 is 0 Å². The van der Waals surface area contributed by atoms with Crippen LogP contribution in [0.3, 0.4) is 0 Å². The average Bonchev–Trinajstić information content (AvgIpc) is 3.10. The van der Waals surface area contributed by atoms with Crippen LogP contribution in [0.5, 0.6) is 0 Å². The van der Waals surface area contributed by atoms with Crippen LogP contribution in [0.2, 0.25) is 0 Å². The van der Waals surface area contributed by atoms with E-state index < -0.39 is 14.9 Å². The van der Waals surface area contributed by atoms with Gasteiger partial charge in [-0.2, -0.15) is 4.31 Å². The fourth-order valence-electron chi connectivity index (χ4n) is 5.87. The van der Waals surface area contributed by atoms with Crippen molar-refractivity contribution >= 4 is 15.7 Å². The summed E-state index contributed by atoms with van der Waals surface area (Å²) < 4.78 is 28.8. The van der Waals surface area contributed by atoms with Crippen LogP contribution in [0.15, 0.2) is 77.8 Å². The van der Waals surface area contributed by atoms with Gasteiger partial charge >= 0.3 is 0 Å². The van der Waals surface area contributed by atoms with Gasteiger partial charge in [0.15, 0.2) is 4.90 Å². The Morgan fingerprint density at radius 3 is 1.33 bits per heavy atom. The van der Waals surface area contributed by atoms with E-state index in [1.165, 1.54) is 99.6 Å². The molecule has 0 spiro atoms. The topological polar surface area (TPSA) is 80.5 Å². The summed E-state index contributed by atoms with van der Waals surface area (Å²) in [6.07, 6.45) is 45.3. The number of hydrogen-bond acceptors (Lipinski definition) is 4. The summed E-state index contributed by atoms with van der Waals surface area (Å²) >= 11 is 0. The lowest BCUT2D eigenvalue weighted by atomic mass is 10.1. The second-order valence-electron chi connectivity index (χ2n) is 13.3. The van der Waals surface area contributed by atoms with E-state index in [9.17, 15) is 18.5 Å². The molecule has 0 aromatic heterocycles. The van der Waals surface area contributed by atoms with E-state index in [2.05, 4.69) is 62.5 Å². The molecule has 0 atom stereocenters. The largest absolute Gasteiger partial charge is 0.289 e. The van der Waals surface area contributed by atoms with Gasteiger partial charge in [-0.1, -0.05) is 152 Å². The molecule has 0 amide bonds. The number of allylic oxidation sites excluding steroid dienone is 8. The summed E-state index contributed by atoms with van der Waals surface area (Å²) in [7, 11) is -3.95. The number of benzene rings is 1. The van der Waals surface area contributed by atoms with Gasteiger partial charge in [0.05, 0.1) is 4.92 Å². The average molecular weight is 699 g/mol. The third-order valence-corrected chi connectivity index (χ3v) is 10.8. The molecule has 0 saturated carbocycles. The van der Waals surface area contributed by atoms with Gasteiger partial charge in [-0.25, -0.2) is 8.42 Å². The zero-order valence-electron chi connectivity index (χ0n) is 31.2. The Labute approximate surface area is 301 Å². The molecule has 49 heavy (non-hydrogen) atoms. The van der Waals surface area contributed by atoms with Crippen molar-refractivity contribution in [1.82, 2.24) is 4.31 Å². The summed E-state index contributed by atoms with van der Waals surface area (Å²) in [5.41, 5.74) is -0.346. The summed E-state index contributed by atoms with van der Waals surface area (Å²) in [5, 5.41) is 11.6. The first-order valence-electron chi connectivity index (χ1n) is 19.8. The Bertz CT molecular complexity index is 1120.